The van der Waals surface area contributed by atoms with E-state index in [9.17, 15) is 9.18 Å². The molecular weight excluding hydrogens is 319 g/mol. The van der Waals surface area contributed by atoms with Crippen molar-refractivity contribution in [3.63, 3.8) is 0 Å². The number of amides is 1. The van der Waals surface area contributed by atoms with Gasteiger partial charge >= 0.3 is 0 Å². The van der Waals surface area contributed by atoms with E-state index in [2.05, 4.69) is 20.4 Å². The number of halogens is 1. The summed E-state index contributed by atoms with van der Waals surface area (Å²) in [7, 11) is 2.70. The molecule has 0 radical (unpaired) electrons. The van der Waals surface area contributed by atoms with Gasteiger partial charge in [-0.25, -0.2) is 9.37 Å². The number of aromatic nitrogens is 2. The Morgan fingerprint density at radius 3 is 2.58 bits per heavy atom. The molecular formula is C15H15FN4O4. The Balaban J connectivity index is 2.26. The molecule has 2 rings (SSSR count). The molecule has 0 saturated heterocycles. The van der Waals surface area contributed by atoms with Crippen molar-refractivity contribution in [1.29, 1.82) is 0 Å². The summed E-state index contributed by atoms with van der Waals surface area (Å²) in [6.45, 7) is 0.165. The van der Waals surface area contributed by atoms with Gasteiger partial charge in [0.25, 0.3) is 11.8 Å². The molecule has 0 aliphatic carbocycles. The van der Waals surface area contributed by atoms with Crippen LogP contribution < -0.4 is 14.8 Å². The Morgan fingerprint density at radius 1 is 1.29 bits per heavy atom. The Labute approximate surface area is 137 Å². The lowest BCUT2D eigenvalue weighted by atomic mass is 10.2. The molecule has 24 heavy (non-hydrogen) atoms. The molecule has 1 amide bonds. The molecule has 1 aromatic carbocycles. The molecule has 0 saturated carbocycles. The quantitative estimate of drug-likeness (QED) is 0.469. The topological polar surface area (TPSA) is 106 Å². The molecule has 1 aromatic heterocycles. The third kappa shape index (κ3) is 3.94. The molecule has 9 heteroatoms. The average Bonchev–Trinajstić information content (AvgIpc) is 2.60. The standard InChI is InChI=1S/C15H15FN4O4/c1-23-13-12(19-11(8-18-22)20-15(13)24-2)14(21)17-7-9-3-5-10(16)6-4-9/h3-6,8,22H,7H2,1-2H3,(H,17,21)/b18-8-. The van der Waals surface area contributed by atoms with Crippen molar-refractivity contribution in [2.75, 3.05) is 14.2 Å². The van der Waals surface area contributed by atoms with Crippen molar-refractivity contribution in [2.24, 2.45) is 5.16 Å². The first-order valence-corrected chi connectivity index (χ1v) is 6.79. The van der Waals surface area contributed by atoms with Crippen LogP contribution in [0.2, 0.25) is 0 Å². The Kier molecular flexibility index (Phi) is 5.61. The van der Waals surface area contributed by atoms with Gasteiger partial charge in [0.05, 0.1) is 14.2 Å². The number of ether oxygens (including phenoxy) is 2. The van der Waals surface area contributed by atoms with E-state index in [4.69, 9.17) is 14.7 Å². The van der Waals surface area contributed by atoms with Gasteiger partial charge in [0.1, 0.15) is 12.0 Å². The number of nitrogens with zero attached hydrogens (tertiary/aromatic N) is 3. The highest BCUT2D eigenvalue weighted by molar-refractivity contribution is 5.96. The van der Waals surface area contributed by atoms with Gasteiger partial charge in [-0.1, -0.05) is 17.3 Å². The maximum atomic E-state index is 12.9. The smallest absolute Gasteiger partial charge is 0.274 e. The predicted octanol–water partition coefficient (Wildman–Crippen LogP) is 1.37. The van der Waals surface area contributed by atoms with E-state index in [1.807, 2.05) is 0 Å². The van der Waals surface area contributed by atoms with Gasteiger partial charge in [-0.15, -0.1) is 0 Å². The van der Waals surface area contributed by atoms with E-state index in [1.165, 1.54) is 26.4 Å². The Morgan fingerprint density at radius 2 is 2.00 bits per heavy atom. The second kappa shape index (κ2) is 7.86. The number of rotatable bonds is 6. The predicted molar refractivity (Wildman–Crippen MR) is 82.1 cm³/mol. The molecule has 0 spiro atoms. The SMILES string of the molecule is COc1nc(/C=N\O)nc(C(=O)NCc2ccc(F)cc2)c1OC. The van der Waals surface area contributed by atoms with Crippen LogP contribution >= 0.6 is 0 Å². The molecule has 0 fully saturated rings. The molecule has 2 N–H and O–H groups in total. The van der Waals surface area contributed by atoms with Gasteiger partial charge in [0, 0.05) is 6.54 Å². The second-order valence-corrected chi connectivity index (χ2v) is 4.53. The second-order valence-electron chi connectivity index (χ2n) is 4.53. The minimum absolute atomic E-state index is 0.0225. The maximum Gasteiger partial charge on any atom is 0.274 e. The lowest BCUT2D eigenvalue weighted by molar-refractivity contribution is 0.0941. The van der Waals surface area contributed by atoms with Gasteiger partial charge in [0.2, 0.25) is 5.75 Å². The zero-order valence-electron chi connectivity index (χ0n) is 13.0. The van der Waals surface area contributed by atoms with Gasteiger partial charge in [-0.2, -0.15) is 4.98 Å². The number of carbonyl (C=O) groups is 1. The van der Waals surface area contributed by atoms with Crippen LogP contribution in [-0.2, 0) is 6.54 Å². The van der Waals surface area contributed by atoms with Gasteiger partial charge in [0.15, 0.2) is 11.5 Å². The summed E-state index contributed by atoms with van der Waals surface area (Å²) in [5.74, 6) is -0.870. The number of hydrogen-bond donors (Lipinski definition) is 2. The van der Waals surface area contributed by atoms with E-state index in [-0.39, 0.29) is 35.5 Å². The number of oxime groups is 1. The monoisotopic (exact) mass is 334 g/mol. The van der Waals surface area contributed by atoms with Crippen LogP contribution in [-0.4, -0.2) is 41.5 Å². The number of benzene rings is 1. The van der Waals surface area contributed by atoms with Crippen molar-refractivity contribution >= 4 is 12.1 Å². The van der Waals surface area contributed by atoms with Crippen molar-refractivity contribution < 1.29 is 23.9 Å². The zero-order chi connectivity index (χ0) is 17.5. The largest absolute Gasteiger partial charge is 0.489 e. The molecule has 8 nitrogen and oxygen atoms in total. The van der Waals surface area contributed by atoms with Crippen LogP contribution in [0.1, 0.15) is 21.9 Å². The van der Waals surface area contributed by atoms with Crippen molar-refractivity contribution in [3.05, 3.63) is 47.2 Å². The maximum absolute atomic E-state index is 12.9. The lowest BCUT2D eigenvalue weighted by Gasteiger charge is -2.12. The molecule has 126 valence electrons. The molecule has 0 unspecified atom stereocenters. The van der Waals surface area contributed by atoms with E-state index >= 15 is 0 Å². The summed E-state index contributed by atoms with van der Waals surface area (Å²) < 4.78 is 23.1. The van der Waals surface area contributed by atoms with Gasteiger partial charge in [-0.05, 0) is 17.7 Å². The van der Waals surface area contributed by atoms with Crippen LogP contribution in [0.3, 0.4) is 0 Å². The number of carbonyl (C=O) groups excluding carboxylic acids is 1. The summed E-state index contributed by atoms with van der Waals surface area (Å²) >= 11 is 0. The number of nitrogens with one attached hydrogen (secondary N) is 1. The number of methoxy groups -OCH3 is 2. The third-order valence-corrected chi connectivity index (χ3v) is 3.00. The zero-order valence-corrected chi connectivity index (χ0v) is 13.0. The Bertz CT molecular complexity index is 750. The first-order chi connectivity index (χ1) is 11.6. The average molecular weight is 334 g/mol. The molecule has 1 heterocycles. The first-order valence-electron chi connectivity index (χ1n) is 6.79. The Hall–Kier alpha value is -3.23. The fourth-order valence-corrected chi connectivity index (χ4v) is 1.90. The first kappa shape index (κ1) is 17.1. The molecule has 0 aliphatic heterocycles. The highest BCUT2D eigenvalue weighted by Gasteiger charge is 2.21. The van der Waals surface area contributed by atoms with Gasteiger partial charge < -0.3 is 20.0 Å². The number of hydrogen-bond acceptors (Lipinski definition) is 7. The fraction of sp³-hybridized carbons (Fsp3) is 0.200. The minimum Gasteiger partial charge on any atom is -0.489 e. The van der Waals surface area contributed by atoms with Crippen LogP contribution in [0.4, 0.5) is 4.39 Å². The summed E-state index contributed by atoms with van der Waals surface area (Å²) in [4.78, 5) is 20.3. The third-order valence-electron chi connectivity index (χ3n) is 3.00. The highest BCUT2D eigenvalue weighted by atomic mass is 19.1. The highest BCUT2D eigenvalue weighted by Crippen LogP contribution is 2.27. The van der Waals surface area contributed by atoms with Crippen LogP contribution in [0.25, 0.3) is 0 Å². The fourth-order valence-electron chi connectivity index (χ4n) is 1.90. The summed E-state index contributed by atoms with van der Waals surface area (Å²) in [6.07, 6.45) is 0.957. The molecule has 0 bridgehead atoms. The van der Waals surface area contributed by atoms with Crippen LogP contribution in [0.15, 0.2) is 29.4 Å². The normalized spacial score (nSPS) is 10.6. The van der Waals surface area contributed by atoms with E-state index in [0.717, 1.165) is 6.21 Å². The van der Waals surface area contributed by atoms with E-state index in [1.54, 1.807) is 12.1 Å². The summed E-state index contributed by atoms with van der Waals surface area (Å²) in [5.41, 5.74) is 0.628. The van der Waals surface area contributed by atoms with Crippen molar-refractivity contribution in [2.45, 2.75) is 6.54 Å². The molecule has 0 atom stereocenters. The van der Waals surface area contributed by atoms with Crippen LogP contribution in [0.5, 0.6) is 11.6 Å². The summed E-state index contributed by atoms with van der Waals surface area (Å²) in [5, 5.41) is 14.1. The minimum atomic E-state index is -0.551. The van der Waals surface area contributed by atoms with E-state index in [0.29, 0.717) is 5.56 Å². The van der Waals surface area contributed by atoms with Crippen molar-refractivity contribution in [1.82, 2.24) is 15.3 Å². The molecule has 2 aromatic rings. The molecule has 0 aliphatic rings. The lowest BCUT2D eigenvalue weighted by Crippen LogP contribution is -2.25. The van der Waals surface area contributed by atoms with Gasteiger partial charge in [-0.3, -0.25) is 4.79 Å². The van der Waals surface area contributed by atoms with Crippen LogP contribution in [0, 0.1) is 5.82 Å². The van der Waals surface area contributed by atoms with Crippen molar-refractivity contribution in [3.8, 4) is 11.6 Å². The van der Waals surface area contributed by atoms with E-state index < -0.39 is 5.91 Å². The summed E-state index contributed by atoms with van der Waals surface area (Å²) in [6, 6.07) is 5.70.